The fourth-order valence-corrected chi connectivity index (χ4v) is 1.07. The third kappa shape index (κ3) is 1.68. The lowest BCUT2D eigenvalue weighted by molar-refractivity contribution is 0.411. The quantitative estimate of drug-likeness (QED) is 0.600. The molecule has 0 fully saturated rings. The van der Waals surface area contributed by atoms with Gasteiger partial charge in [-0.05, 0) is 19.4 Å². The average molecular weight is 168 g/mol. The van der Waals surface area contributed by atoms with Gasteiger partial charge in [-0.2, -0.15) is 5.10 Å². The van der Waals surface area contributed by atoms with E-state index in [0.717, 1.165) is 6.42 Å². The van der Waals surface area contributed by atoms with Crippen LogP contribution < -0.4 is 5.59 Å². The van der Waals surface area contributed by atoms with E-state index >= 15 is 0 Å². The van der Waals surface area contributed by atoms with Crippen molar-refractivity contribution in [1.29, 1.82) is 0 Å². The zero-order valence-corrected chi connectivity index (χ0v) is 7.31. The number of hydrogen-bond donors (Lipinski definition) is 2. The third-order valence-electron chi connectivity index (χ3n) is 1.97. The summed E-state index contributed by atoms with van der Waals surface area (Å²) in [7, 11) is -1.43. The van der Waals surface area contributed by atoms with Crippen LogP contribution in [0.25, 0.3) is 0 Å². The molecule has 0 aliphatic heterocycles. The zero-order valence-electron chi connectivity index (χ0n) is 7.31. The van der Waals surface area contributed by atoms with Gasteiger partial charge in [-0.1, -0.05) is 6.92 Å². The number of hydrogen-bond acceptors (Lipinski definition) is 3. The molecule has 0 saturated heterocycles. The van der Waals surface area contributed by atoms with Crippen molar-refractivity contribution >= 4 is 12.7 Å². The fourth-order valence-electron chi connectivity index (χ4n) is 1.07. The molecule has 0 saturated carbocycles. The lowest BCUT2D eigenvalue weighted by Gasteiger charge is -2.12. The second-order valence-electron chi connectivity index (χ2n) is 2.83. The Hall–Kier alpha value is -0.805. The molecule has 1 rings (SSSR count). The average Bonchev–Trinajstić information content (AvgIpc) is 2.50. The number of aromatic nitrogens is 2. The second-order valence-corrected chi connectivity index (χ2v) is 2.83. The van der Waals surface area contributed by atoms with Crippen molar-refractivity contribution in [2.24, 2.45) is 0 Å². The topological polar surface area (TPSA) is 58.3 Å². The van der Waals surface area contributed by atoms with Gasteiger partial charge in [0.15, 0.2) is 0 Å². The lowest BCUT2D eigenvalue weighted by Crippen LogP contribution is -2.37. The van der Waals surface area contributed by atoms with E-state index in [0.29, 0.717) is 5.59 Å². The molecule has 1 heterocycles. The van der Waals surface area contributed by atoms with Gasteiger partial charge in [0.2, 0.25) is 0 Å². The summed E-state index contributed by atoms with van der Waals surface area (Å²) < 4.78 is 1.63. The summed E-state index contributed by atoms with van der Waals surface area (Å²) in [5, 5.41) is 21.9. The molecule has 0 amide bonds. The van der Waals surface area contributed by atoms with Crippen LogP contribution in [0.4, 0.5) is 0 Å². The van der Waals surface area contributed by atoms with Crippen molar-refractivity contribution < 1.29 is 10.0 Å². The number of nitrogens with zero attached hydrogens (tertiary/aromatic N) is 2. The SMILES string of the molecule is CCC(C)n1nccc1B(O)O. The Morgan fingerprint density at radius 3 is 2.83 bits per heavy atom. The Balaban J connectivity index is 2.91. The maximum absolute atomic E-state index is 8.93. The van der Waals surface area contributed by atoms with E-state index in [2.05, 4.69) is 5.10 Å². The first kappa shape index (κ1) is 9.28. The molecule has 0 bridgehead atoms. The Labute approximate surface area is 72.0 Å². The van der Waals surface area contributed by atoms with Crippen LogP contribution in [0, 0.1) is 0 Å². The molecule has 66 valence electrons. The Kier molecular flexibility index (Phi) is 2.89. The highest BCUT2D eigenvalue weighted by Crippen LogP contribution is 2.05. The van der Waals surface area contributed by atoms with Gasteiger partial charge in [0.05, 0.1) is 5.59 Å². The van der Waals surface area contributed by atoms with E-state index in [1.165, 1.54) is 0 Å². The molecule has 1 unspecified atom stereocenters. The van der Waals surface area contributed by atoms with E-state index in [1.54, 1.807) is 16.9 Å². The smallest absolute Gasteiger partial charge is 0.422 e. The van der Waals surface area contributed by atoms with Crippen LogP contribution in [0.15, 0.2) is 12.3 Å². The van der Waals surface area contributed by atoms with Gasteiger partial charge in [0.1, 0.15) is 0 Å². The summed E-state index contributed by atoms with van der Waals surface area (Å²) in [6.07, 6.45) is 2.49. The van der Waals surface area contributed by atoms with E-state index in [1.807, 2.05) is 13.8 Å². The Morgan fingerprint density at radius 2 is 2.33 bits per heavy atom. The maximum Gasteiger partial charge on any atom is 0.507 e. The predicted molar refractivity (Wildman–Crippen MR) is 47.1 cm³/mol. The molecule has 0 aliphatic carbocycles. The summed E-state index contributed by atoms with van der Waals surface area (Å²) in [6, 6.07) is 1.81. The van der Waals surface area contributed by atoms with Gasteiger partial charge >= 0.3 is 7.12 Å². The van der Waals surface area contributed by atoms with Crippen molar-refractivity contribution in [1.82, 2.24) is 9.78 Å². The molecule has 2 N–H and O–H groups in total. The zero-order chi connectivity index (χ0) is 9.14. The van der Waals surface area contributed by atoms with Crippen molar-refractivity contribution in [2.45, 2.75) is 26.3 Å². The molecular weight excluding hydrogens is 155 g/mol. The summed E-state index contributed by atoms with van der Waals surface area (Å²) in [5.74, 6) is 0. The summed E-state index contributed by atoms with van der Waals surface area (Å²) in [4.78, 5) is 0. The van der Waals surface area contributed by atoms with Crippen molar-refractivity contribution in [2.75, 3.05) is 0 Å². The van der Waals surface area contributed by atoms with Crippen LogP contribution in [-0.2, 0) is 0 Å². The fraction of sp³-hybridized carbons (Fsp3) is 0.571. The molecule has 1 aromatic heterocycles. The summed E-state index contributed by atoms with van der Waals surface area (Å²) in [6.45, 7) is 4.01. The van der Waals surface area contributed by atoms with Gasteiger partial charge in [0.25, 0.3) is 0 Å². The highest BCUT2D eigenvalue weighted by Gasteiger charge is 2.18. The van der Waals surface area contributed by atoms with E-state index in [-0.39, 0.29) is 6.04 Å². The maximum atomic E-state index is 8.93. The summed E-state index contributed by atoms with van der Waals surface area (Å²) >= 11 is 0. The van der Waals surface area contributed by atoms with Crippen molar-refractivity contribution in [3.63, 3.8) is 0 Å². The van der Waals surface area contributed by atoms with Crippen LogP contribution >= 0.6 is 0 Å². The van der Waals surface area contributed by atoms with Gasteiger partial charge in [-0.15, -0.1) is 0 Å². The van der Waals surface area contributed by atoms with Gasteiger partial charge in [-0.25, -0.2) is 0 Å². The first-order valence-electron chi connectivity index (χ1n) is 4.06. The van der Waals surface area contributed by atoms with Crippen LogP contribution in [0.2, 0.25) is 0 Å². The van der Waals surface area contributed by atoms with Crippen molar-refractivity contribution in [3.05, 3.63) is 12.3 Å². The molecule has 0 radical (unpaired) electrons. The molecule has 1 atom stereocenters. The standard InChI is InChI=1S/C7H13BN2O2/c1-3-6(2)10-7(8(11)12)4-5-9-10/h4-6,11-12H,3H2,1-2H3. The third-order valence-corrected chi connectivity index (χ3v) is 1.97. The predicted octanol–water partition coefficient (Wildman–Crippen LogP) is -0.466. The highest BCUT2D eigenvalue weighted by molar-refractivity contribution is 6.57. The van der Waals surface area contributed by atoms with Crippen LogP contribution in [0.3, 0.4) is 0 Å². The largest absolute Gasteiger partial charge is 0.507 e. The van der Waals surface area contributed by atoms with Crippen LogP contribution in [-0.4, -0.2) is 26.9 Å². The Morgan fingerprint density at radius 1 is 1.67 bits per heavy atom. The molecule has 1 aromatic rings. The van der Waals surface area contributed by atoms with Crippen molar-refractivity contribution in [3.8, 4) is 0 Å². The molecule has 0 aliphatic rings. The molecule has 4 nitrogen and oxygen atoms in total. The minimum Gasteiger partial charge on any atom is -0.422 e. The minimum absolute atomic E-state index is 0.205. The Bertz CT molecular complexity index is 249. The molecule has 12 heavy (non-hydrogen) atoms. The number of rotatable bonds is 3. The van der Waals surface area contributed by atoms with E-state index in [4.69, 9.17) is 10.0 Å². The molecule has 5 heteroatoms. The van der Waals surface area contributed by atoms with Gasteiger partial charge in [-0.3, -0.25) is 4.68 Å². The second kappa shape index (κ2) is 3.73. The summed E-state index contributed by atoms with van der Waals surface area (Å²) in [5.41, 5.74) is 0.448. The molecule has 0 aromatic carbocycles. The monoisotopic (exact) mass is 168 g/mol. The van der Waals surface area contributed by atoms with E-state index in [9.17, 15) is 0 Å². The van der Waals surface area contributed by atoms with Crippen LogP contribution in [0.5, 0.6) is 0 Å². The highest BCUT2D eigenvalue weighted by atomic mass is 16.4. The molecule has 0 spiro atoms. The molecular formula is C7H13BN2O2. The van der Waals surface area contributed by atoms with Crippen LogP contribution in [0.1, 0.15) is 26.3 Å². The minimum atomic E-state index is -1.43. The lowest BCUT2D eigenvalue weighted by atomic mass is 9.86. The van der Waals surface area contributed by atoms with Gasteiger partial charge < -0.3 is 10.0 Å². The first-order chi connectivity index (χ1) is 5.66. The van der Waals surface area contributed by atoms with E-state index < -0.39 is 7.12 Å². The normalized spacial score (nSPS) is 13.0. The first-order valence-corrected chi connectivity index (χ1v) is 4.06. The van der Waals surface area contributed by atoms with Gasteiger partial charge in [0, 0.05) is 12.2 Å².